The van der Waals surface area contributed by atoms with Gasteiger partial charge in [-0.1, -0.05) is 12.1 Å². The third kappa shape index (κ3) is 8.57. The van der Waals surface area contributed by atoms with Gasteiger partial charge in [0.2, 0.25) is 11.8 Å². The lowest BCUT2D eigenvalue weighted by Gasteiger charge is -2.36. The molecule has 1 aromatic carbocycles. The largest absolute Gasteiger partial charge is 0.378 e. The summed E-state index contributed by atoms with van der Waals surface area (Å²) in [5.74, 6) is 0.129. The Hall–Kier alpha value is -5.85. The number of alkyl halides is 2. The summed E-state index contributed by atoms with van der Waals surface area (Å²) in [6, 6.07) is 11.5. The van der Waals surface area contributed by atoms with Crippen molar-refractivity contribution in [2.75, 3.05) is 62.8 Å². The highest BCUT2D eigenvalue weighted by Gasteiger charge is 2.32. The molecule has 5 aromatic heterocycles. The van der Waals surface area contributed by atoms with Crippen LogP contribution in [0.15, 0.2) is 61.2 Å². The molecule has 1 aliphatic carbocycles. The van der Waals surface area contributed by atoms with Gasteiger partial charge in [-0.3, -0.25) is 24.4 Å². The normalized spacial score (nSPS) is 21.7. The number of pyridine rings is 1. The summed E-state index contributed by atoms with van der Waals surface area (Å²) in [6.45, 7) is 6.17. The predicted molar refractivity (Wildman–Crippen MR) is 235 cm³/mol. The Bertz CT molecular complexity index is 2660. The van der Waals surface area contributed by atoms with E-state index in [1.807, 2.05) is 28.8 Å². The molecule has 10 rings (SSSR count). The molecule has 16 nitrogen and oxygen atoms in total. The number of amides is 3. The Morgan fingerprint density at radius 2 is 1.80 bits per heavy atom. The zero-order chi connectivity index (χ0) is 43.7. The second-order valence-electron chi connectivity index (χ2n) is 17.5. The molecule has 18 heteroatoms. The predicted octanol–water partition coefficient (Wildman–Crippen LogP) is 6.28. The highest BCUT2D eigenvalue weighted by Crippen LogP contribution is 2.37. The minimum Gasteiger partial charge on any atom is -0.378 e. The van der Waals surface area contributed by atoms with Gasteiger partial charge < -0.3 is 29.2 Å². The number of likely N-dealkylation sites (tertiary alicyclic amines) is 1. The number of rotatable bonds is 13. The summed E-state index contributed by atoms with van der Waals surface area (Å²) in [5.41, 5.74) is 3.00. The minimum absolute atomic E-state index is 0.00108. The first-order chi connectivity index (χ1) is 31.3. The molecule has 1 unspecified atom stereocenters. The fourth-order valence-corrected chi connectivity index (χ4v) is 10.2. The molecule has 0 bridgehead atoms. The van der Waals surface area contributed by atoms with Gasteiger partial charge in [0.25, 0.3) is 12.3 Å². The average Bonchev–Trinajstić information content (AvgIpc) is 4.03. The second-order valence-corrected chi connectivity index (χ2v) is 17.5. The van der Waals surface area contributed by atoms with Gasteiger partial charge in [0.15, 0.2) is 11.3 Å². The molecule has 3 aliphatic heterocycles. The lowest BCUT2D eigenvalue weighted by molar-refractivity contribution is -0.135. The van der Waals surface area contributed by atoms with Crippen molar-refractivity contribution in [3.8, 4) is 0 Å². The minimum atomic E-state index is -2.85. The highest BCUT2D eigenvalue weighted by molar-refractivity contribution is 6.10. The smallest absolute Gasteiger partial charge is 0.284 e. The number of imide groups is 1. The van der Waals surface area contributed by atoms with Crippen molar-refractivity contribution < 1.29 is 32.6 Å². The van der Waals surface area contributed by atoms with E-state index >= 15 is 0 Å². The third-order valence-electron chi connectivity index (χ3n) is 13.5. The van der Waals surface area contributed by atoms with E-state index in [1.165, 1.54) is 16.3 Å². The Morgan fingerprint density at radius 1 is 0.969 bits per heavy atom. The number of aromatic nitrogens is 7. The standard InChI is InChI=1S/C46H53F2N11O5/c47-42(48)41-35(51-45(61)34-26-50-57-20-16-38(52-44(34)57)56-21-24-63-25-22-56)28-58(54-41)31-10-8-29(9-11-31)27-55-18-14-32(15-19-55)64-23-3-5-30-4-1-7-36-40(30)33-6-2-17-49-43(33)59(36)37-12-13-39(60)53-46(37)62/h1-2,4,6-7,16-17,20,26,28-29,31-32,37,42H,3,5,8-15,18-19,21-25,27H2,(H,51,61)(H,53,60,62)/t29-,31-,37?. The van der Waals surface area contributed by atoms with Crippen LogP contribution in [-0.2, 0) is 25.5 Å². The number of aryl methyl sites for hydroxylation is 1. The van der Waals surface area contributed by atoms with E-state index in [0.717, 1.165) is 92.9 Å². The van der Waals surface area contributed by atoms with Gasteiger partial charge in [0.05, 0.1) is 42.8 Å². The van der Waals surface area contributed by atoms with Gasteiger partial charge in [-0.15, -0.1) is 0 Å². The maximum absolute atomic E-state index is 14.3. The molecule has 64 heavy (non-hydrogen) atoms. The van der Waals surface area contributed by atoms with Crippen LogP contribution in [0.4, 0.5) is 20.3 Å². The molecule has 6 aromatic rings. The van der Waals surface area contributed by atoms with Gasteiger partial charge >= 0.3 is 0 Å². The fourth-order valence-electron chi connectivity index (χ4n) is 10.2. The molecule has 1 atom stereocenters. The van der Waals surface area contributed by atoms with Gasteiger partial charge in [0.1, 0.15) is 23.1 Å². The van der Waals surface area contributed by atoms with Gasteiger partial charge in [-0.25, -0.2) is 23.3 Å². The molecule has 2 N–H and O–H groups in total. The Morgan fingerprint density at radius 3 is 2.59 bits per heavy atom. The molecule has 1 saturated carbocycles. The van der Waals surface area contributed by atoms with E-state index in [1.54, 1.807) is 23.3 Å². The number of fused-ring (bicyclic) bond motifs is 4. The van der Waals surface area contributed by atoms with Crippen LogP contribution < -0.4 is 15.5 Å². The first-order valence-corrected chi connectivity index (χ1v) is 22.7. The van der Waals surface area contributed by atoms with Crippen molar-refractivity contribution in [2.24, 2.45) is 5.92 Å². The number of hydrogen-bond donors (Lipinski definition) is 2. The molecule has 8 heterocycles. The maximum Gasteiger partial charge on any atom is 0.284 e. The van der Waals surface area contributed by atoms with Crippen molar-refractivity contribution >= 4 is 56.8 Å². The van der Waals surface area contributed by atoms with Crippen molar-refractivity contribution in [3.63, 3.8) is 0 Å². The van der Waals surface area contributed by atoms with E-state index in [-0.39, 0.29) is 35.2 Å². The van der Waals surface area contributed by atoms with Crippen LogP contribution in [0, 0.1) is 5.92 Å². The third-order valence-corrected chi connectivity index (χ3v) is 13.5. The molecule has 0 radical (unpaired) electrons. The number of morpholine rings is 1. The van der Waals surface area contributed by atoms with Crippen LogP contribution in [0.2, 0.25) is 0 Å². The Kier molecular flexibility index (Phi) is 12.1. The first-order valence-electron chi connectivity index (χ1n) is 22.7. The molecular weight excluding hydrogens is 825 g/mol. The summed E-state index contributed by atoms with van der Waals surface area (Å²) < 4.78 is 45.6. The lowest BCUT2D eigenvalue weighted by atomic mass is 9.85. The lowest BCUT2D eigenvalue weighted by Crippen LogP contribution is -2.41. The molecule has 4 aliphatic rings. The summed E-state index contributed by atoms with van der Waals surface area (Å²) in [7, 11) is 0. The van der Waals surface area contributed by atoms with Crippen LogP contribution in [0.3, 0.4) is 0 Å². The van der Waals surface area contributed by atoms with Gasteiger partial charge in [-0.05, 0) is 93.5 Å². The second kappa shape index (κ2) is 18.3. The molecule has 3 amide bonds. The van der Waals surface area contributed by atoms with Crippen molar-refractivity contribution in [3.05, 3.63) is 78.0 Å². The van der Waals surface area contributed by atoms with E-state index < -0.39 is 24.1 Å². The number of piperidine rings is 2. The van der Waals surface area contributed by atoms with Crippen LogP contribution in [-0.4, -0.2) is 115 Å². The number of benzene rings is 1. The number of carbonyl (C=O) groups excluding carboxylic acids is 3. The van der Waals surface area contributed by atoms with Gasteiger partial charge in [-0.2, -0.15) is 10.2 Å². The highest BCUT2D eigenvalue weighted by atomic mass is 19.3. The van der Waals surface area contributed by atoms with Crippen molar-refractivity contribution in [2.45, 2.75) is 88.8 Å². The molecule has 0 spiro atoms. The van der Waals surface area contributed by atoms with Crippen molar-refractivity contribution in [1.29, 1.82) is 0 Å². The molecule has 3 saturated heterocycles. The van der Waals surface area contributed by atoms with Crippen LogP contribution in [0.5, 0.6) is 0 Å². The number of anilines is 2. The number of ether oxygens (including phenoxy) is 2. The Labute approximate surface area is 368 Å². The van der Waals surface area contributed by atoms with Crippen molar-refractivity contribution in [1.82, 2.24) is 44.1 Å². The zero-order valence-corrected chi connectivity index (χ0v) is 35.7. The summed E-state index contributed by atoms with van der Waals surface area (Å²) in [5, 5.41) is 15.9. The van der Waals surface area contributed by atoms with Crippen LogP contribution in [0.1, 0.15) is 97.9 Å². The quantitative estimate of drug-likeness (QED) is 0.0992. The number of halogens is 2. The zero-order valence-electron chi connectivity index (χ0n) is 35.7. The number of carbonyl (C=O) groups is 3. The SMILES string of the molecule is O=C1CCC(n2c3cccc(CCCOC4CCN(C[C@H]5CC[C@H](n6cc(NC(=O)c7cnn8ccc(N9CCOCC9)nc78)c(C(F)F)n6)CC5)CC4)c3c3cccnc32)C(=O)N1. The summed E-state index contributed by atoms with van der Waals surface area (Å²) >= 11 is 0. The fraction of sp³-hybridized carbons (Fsp3) is 0.500. The summed E-state index contributed by atoms with van der Waals surface area (Å²) in [4.78, 5) is 52.3. The molecule has 4 fully saturated rings. The van der Waals surface area contributed by atoms with E-state index in [4.69, 9.17) is 9.47 Å². The van der Waals surface area contributed by atoms with E-state index in [2.05, 4.69) is 52.7 Å². The Balaban J connectivity index is 0.690. The van der Waals surface area contributed by atoms with Gasteiger partial charge in [0, 0.05) is 75.1 Å². The number of hydrogen-bond acceptors (Lipinski definition) is 11. The average molecular weight is 878 g/mol. The first kappa shape index (κ1) is 42.1. The maximum atomic E-state index is 14.3. The van der Waals surface area contributed by atoms with Crippen LogP contribution in [0.25, 0.3) is 27.6 Å². The monoisotopic (exact) mass is 877 g/mol. The number of nitrogens with zero attached hydrogens (tertiary/aromatic N) is 9. The molecule has 336 valence electrons. The topological polar surface area (TPSA) is 166 Å². The van der Waals surface area contributed by atoms with E-state index in [9.17, 15) is 23.2 Å². The summed E-state index contributed by atoms with van der Waals surface area (Å²) in [6.07, 6.45) is 11.8. The van der Waals surface area contributed by atoms with E-state index in [0.29, 0.717) is 63.1 Å². The molecular formula is C46H53F2N11O5. The van der Waals surface area contributed by atoms with Crippen LogP contribution >= 0.6 is 0 Å². The number of nitrogens with one attached hydrogen (secondary N) is 2.